The van der Waals surface area contributed by atoms with Crippen LogP contribution >= 0.6 is 23.2 Å². The van der Waals surface area contributed by atoms with Gasteiger partial charge in [-0.3, -0.25) is 14.8 Å². The Kier molecular flexibility index (Phi) is 4.55. The van der Waals surface area contributed by atoms with E-state index in [1.54, 1.807) is 28.5 Å². The van der Waals surface area contributed by atoms with Crippen molar-refractivity contribution in [2.75, 3.05) is 5.32 Å². The first-order chi connectivity index (χ1) is 11.4. The number of rotatable bonds is 4. The Morgan fingerprint density at radius 2 is 2.08 bits per heavy atom. The van der Waals surface area contributed by atoms with Gasteiger partial charge in [0.2, 0.25) is 5.95 Å². The van der Waals surface area contributed by atoms with E-state index >= 15 is 0 Å². The maximum Gasteiger partial charge on any atom is 0.261 e. The van der Waals surface area contributed by atoms with E-state index in [0.717, 1.165) is 11.3 Å². The molecule has 0 radical (unpaired) electrons. The number of nitrogens with one attached hydrogen (secondary N) is 1. The summed E-state index contributed by atoms with van der Waals surface area (Å²) in [4.78, 5) is 16.3. The van der Waals surface area contributed by atoms with Gasteiger partial charge in [0.15, 0.2) is 0 Å². The summed E-state index contributed by atoms with van der Waals surface area (Å²) in [5.41, 5.74) is 2.18. The molecule has 3 aromatic rings. The SMILES string of the molecule is Cc1c(C(=O)Nc2ncn(Cc3ccc(Cl)c(Cl)c3)n2)cnn1C. The van der Waals surface area contributed by atoms with E-state index < -0.39 is 0 Å². The summed E-state index contributed by atoms with van der Waals surface area (Å²) >= 11 is 11.9. The fourth-order valence-electron chi connectivity index (χ4n) is 2.14. The number of carbonyl (C=O) groups is 1. The quantitative estimate of drug-likeness (QED) is 0.771. The summed E-state index contributed by atoms with van der Waals surface area (Å²) in [5, 5.41) is 11.9. The molecule has 0 aliphatic rings. The maximum atomic E-state index is 12.2. The molecule has 0 saturated carbocycles. The average molecular weight is 365 g/mol. The molecule has 9 heteroatoms. The van der Waals surface area contributed by atoms with Crippen molar-refractivity contribution in [2.45, 2.75) is 13.5 Å². The van der Waals surface area contributed by atoms with E-state index in [1.807, 2.05) is 13.0 Å². The van der Waals surface area contributed by atoms with Crippen molar-refractivity contribution < 1.29 is 4.79 Å². The third-order valence-corrected chi connectivity index (χ3v) is 4.31. The van der Waals surface area contributed by atoms with Crippen LogP contribution in [0.1, 0.15) is 21.6 Å². The molecule has 0 aliphatic carbocycles. The highest BCUT2D eigenvalue weighted by Crippen LogP contribution is 2.22. The van der Waals surface area contributed by atoms with Crippen LogP contribution in [0.3, 0.4) is 0 Å². The molecule has 3 rings (SSSR count). The topological polar surface area (TPSA) is 77.6 Å². The summed E-state index contributed by atoms with van der Waals surface area (Å²) in [5.74, 6) is -0.0730. The molecule has 0 spiro atoms. The summed E-state index contributed by atoms with van der Waals surface area (Å²) in [7, 11) is 1.77. The largest absolute Gasteiger partial charge is 0.289 e. The Hall–Kier alpha value is -2.38. The fourth-order valence-corrected chi connectivity index (χ4v) is 2.46. The minimum atomic E-state index is -0.298. The van der Waals surface area contributed by atoms with Gasteiger partial charge in [0.05, 0.1) is 28.4 Å². The van der Waals surface area contributed by atoms with Crippen molar-refractivity contribution in [1.29, 1.82) is 0 Å². The molecule has 0 saturated heterocycles. The fraction of sp³-hybridized carbons (Fsp3) is 0.200. The molecule has 0 atom stereocenters. The van der Waals surface area contributed by atoms with Gasteiger partial charge in [-0.2, -0.15) is 5.10 Å². The van der Waals surface area contributed by atoms with Crippen LogP contribution in [0.5, 0.6) is 0 Å². The summed E-state index contributed by atoms with van der Waals surface area (Å²) < 4.78 is 3.23. The van der Waals surface area contributed by atoms with Crippen LogP contribution in [0, 0.1) is 6.92 Å². The van der Waals surface area contributed by atoms with Crippen molar-refractivity contribution in [3.8, 4) is 0 Å². The molecular weight excluding hydrogens is 351 g/mol. The number of carbonyl (C=O) groups excluding carboxylic acids is 1. The predicted octanol–water partition coefficient (Wildman–Crippen LogP) is 2.93. The zero-order chi connectivity index (χ0) is 17.3. The monoisotopic (exact) mass is 364 g/mol. The first-order valence-electron chi connectivity index (χ1n) is 7.07. The van der Waals surface area contributed by atoms with Gasteiger partial charge in [0, 0.05) is 12.7 Å². The number of aromatic nitrogens is 5. The zero-order valence-electron chi connectivity index (χ0n) is 13.0. The van der Waals surface area contributed by atoms with Gasteiger partial charge in [-0.05, 0) is 24.6 Å². The van der Waals surface area contributed by atoms with Gasteiger partial charge in [-0.15, -0.1) is 5.10 Å². The Bertz CT molecular complexity index is 901. The van der Waals surface area contributed by atoms with Crippen LogP contribution in [0.2, 0.25) is 10.0 Å². The third-order valence-electron chi connectivity index (χ3n) is 3.57. The maximum absolute atomic E-state index is 12.2. The lowest BCUT2D eigenvalue weighted by molar-refractivity contribution is 0.102. The van der Waals surface area contributed by atoms with E-state index in [9.17, 15) is 4.79 Å². The highest BCUT2D eigenvalue weighted by molar-refractivity contribution is 6.42. The molecule has 1 amide bonds. The lowest BCUT2D eigenvalue weighted by Gasteiger charge is -2.03. The van der Waals surface area contributed by atoms with Gasteiger partial charge in [0.1, 0.15) is 6.33 Å². The van der Waals surface area contributed by atoms with Crippen molar-refractivity contribution in [3.05, 3.63) is 57.6 Å². The van der Waals surface area contributed by atoms with Crippen LogP contribution in [0.25, 0.3) is 0 Å². The van der Waals surface area contributed by atoms with Crippen LogP contribution in [-0.4, -0.2) is 30.5 Å². The Morgan fingerprint density at radius 3 is 2.75 bits per heavy atom. The molecule has 0 bridgehead atoms. The van der Waals surface area contributed by atoms with Gasteiger partial charge in [-0.1, -0.05) is 29.3 Å². The Labute approximate surface area is 148 Å². The van der Waals surface area contributed by atoms with Crippen molar-refractivity contribution in [2.24, 2.45) is 7.05 Å². The van der Waals surface area contributed by atoms with Gasteiger partial charge in [-0.25, -0.2) is 9.67 Å². The Balaban J connectivity index is 1.70. The average Bonchev–Trinajstić information content (AvgIpc) is 3.11. The normalized spacial score (nSPS) is 10.8. The molecule has 24 heavy (non-hydrogen) atoms. The number of nitrogens with zero attached hydrogens (tertiary/aromatic N) is 5. The van der Waals surface area contributed by atoms with E-state index in [1.165, 1.54) is 12.5 Å². The molecule has 1 N–H and O–H groups in total. The lowest BCUT2D eigenvalue weighted by Crippen LogP contribution is -2.14. The van der Waals surface area contributed by atoms with Gasteiger partial charge in [0.25, 0.3) is 5.91 Å². The second-order valence-electron chi connectivity index (χ2n) is 5.24. The van der Waals surface area contributed by atoms with Gasteiger partial charge < -0.3 is 0 Å². The number of hydrogen-bond donors (Lipinski definition) is 1. The van der Waals surface area contributed by atoms with Crippen molar-refractivity contribution >= 4 is 35.1 Å². The number of halogens is 2. The predicted molar refractivity (Wildman–Crippen MR) is 91.5 cm³/mol. The summed E-state index contributed by atoms with van der Waals surface area (Å²) in [6, 6.07) is 5.35. The highest BCUT2D eigenvalue weighted by Gasteiger charge is 2.14. The molecular formula is C15H14Cl2N6O. The van der Waals surface area contributed by atoms with Gasteiger partial charge >= 0.3 is 0 Å². The number of benzene rings is 1. The van der Waals surface area contributed by atoms with Crippen LogP contribution in [0.4, 0.5) is 5.95 Å². The van der Waals surface area contributed by atoms with E-state index in [2.05, 4.69) is 20.5 Å². The minimum absolute atomic E-state index is 0.225. The minimum Gasteiger partial charge on any atom is -0.289 e. The first kappa shape index (κ1) is 16.5. The number of hydrogen-bond acceptors (Lipinski definition) is 4. The second-order valence-corrected chi connectivity index (χ2v) is 6.05. The molecule has 2 heterocycles. The lowest BCUT2D eigenvalue weighted by atomic mass is 10.2. The van der Waals surface area contributed by atoms with Crippen LogP contribution in [0.15, 0.2) is 30.7 Å². The standard InChI is InChI=1S/C15H14Cl2N6O/c1-9-11(6-19-22(9)2)14(24)20-15-18-8-23(21-15)7-10-3-4-12(16)13(17)5-10/h3-6,8H,7H2,1-2H3,(H,20,21,24). The molecule has 0 aliphatic heterocycles. The zero-order valence-corrected chi connectivity index (χ0v) is 14.5. The molecule has 2 aromatic heterocycles. The Morgan fingerprint density at radius 1 is 1.29 bits per heavy atom. The molecule has 7 nitrogen and oxygen atoms in total. The van der Waals surface area contributed by atoms with Crippen LogP contribution in [-0.2, 0) is 13.6 Å². The van der Waals surface area contributed by atoms with Crippen molar-refractivity contribution in [1.82, 2.24) is 24.5 Å². The van der Waals surface area contributed by atoms with E-state index in [4.69, 9.17) is 23.2 Å². The molecule has 124 valence electrons. The highest BCUT2D eigenvalue weighted by atomic mass is 35.5. The molecule has 0 unspecified atom stereocenters. The number of amides is 1. The number of aryl methyl sites for hydroxylation is 1. The smallest absolute Gasteiger partial charge is 0.261 e. The second kappa shape index (κ2) is 6.62. The molecule has 1 aromatic carbocycles. The van der Waals surface area contributed by atoms with E-state index in [0.29, 0.717) is 22.2 Å². The first-order valence-corrected chi connectivity index (χ1v) is 7.83. The van der Waals surface area contributed by atoms with E-state index in [-0.39, 0.29) is 11.9 Å². The van der Waals surface area contributed by atoms with Crippen molar-refractivity contribution in [3.63, 3.8) is 0 Å². The number of anilines is 1. The summed E-state index contributed by atoms with van der Waals surface area (Å²) in [6.07, 6.45) is 3.05. The molecule has 0 fully saturated rings. The summed E-state index contributed by atoms with van der Waals surface area (Å²) in [6.45, 7) is 2.28. The third kappa shape index (κ3) is 3.42. The van der Waals surface area contributed by atoms with Crippen LogP contribution < -0.4 is 5.32 Å².